The number of amides is 1. The summed E-state index contributed by atoms with van der Waals surface area (Å²) in [6.45, 7) is 3.23. The maximum absolute atomic E-state index is 14.4. The van der Waals surface area contributed by atoms with E-state index in [4.69, 9.17) is 11.6 Å². The summed E-state index contributed by atoms with van der Waals surface area (Å²) in [4.78, 5) is 48.2. The lowest BCUT2D eigenvalue weighted by atomic mass is 9.79. The van der Waals surface area contributed by atoms with Gasteiger partial charge in [0.05, 0.1) is 17.2 Å². The van der Waals surface area contributed by atoms with Crippen molar-refractivity contribution in [3.05, 3.63) is 50.1 Å². The highest BCUT2D eigenvalue weighted by Crippen LogP contribution is 2.40. The van der Waals surface area contributed by atoms with Gasteiger partial charge in [-0.2, -0.15) is 4.98 Å². The van der Waals surface area contributed by atoms with E-state index in [1.165, 1.54) is 36.2 Å². The minimum Gasteiger partial charge on any atom is -0.359 e. The van der Waals surface area contributed by atoms with Crippen molar-refractivity contribution < 1.29 is 13.6 Å². The molecule has 0 radical (unpaired) electrons. The summed E-state index contributed by atoms with van der Waals surface area (Å²) in [6, 6.07) is 4.89. The molecule has 0 bridgehead atoms. The fourth-order valence-electron chi connectivity index (χ4n) is 5.49. The molecule has 3 aromatic rings. The van der Waals surface area contributed by atoms with Crippen LogP contribution in [0.5, 0.6) is 0 Å². The van der Waals surface area contributed by atoms with E-state index in [1.807, 2.05) is 0 Å². The topological polar surface area (TPSA) is 114 Å². The number of aromatic nitrogens is 4. The highest BCUT2D eigenvalue weighted by atomic mass is 35.5. The fraction of sp³-hybridized carbons (Fsp3) is 0.500. The zero-order valence-corrected chi connectivity index (χ0v) is 22.8. The van der Waals surface area contributed by atoms with Crippen molar-refractivity contribution >= 4 is 46.0 Å². The molecule has 0 unspecified atom stereocenters. The Morgan fingerprint density at radius 1 is 1.10 bits per heavy atom. The predicted molar refractivity (Wildman–Crippen MR) is 145 cm³/mol. The van der Waals surface area contributed by atoms with Gasteiger partial charge < -0.3 is 20.1 Å². The maximum Gasteiger partial charge on any atom is 0.317 e. The quantitative estimate of drug-likeness (QED) is 0.459. The second-order valence-corrected chi connectivity index (χ2v) is 11.0. The van der Waals surface area contributed by atoms with Crippen molar-refractivity contribution in [2.75, 3.05) is 30.4 Å². The monoisotopic (exact) mass is 561 g/mol. The van der Waals surface area contributed by atoms with Gasteiger partial charge in [-0.25, -0.2) is 13.8 Å². The van der Waals surface area contributed by atoms with Gasteiger partial charge in [-0.3, -0.25) is 19.0 Å². The van der Waals surface area contributed by atoms with Crippen molar-refractivity contribution in [1.82, 2.24) is 24.4 Å². The van der Waals surface area contributed by atoms with Crippen LogP contribution in [0.3, 0.4) is 0 Å². The van der Waals surface area contributed by atoms with Crippen LogP contribution in [-0.4, -0.2) is 51.1 Å². The van der Waals surface area contributed by atoms with Crippen molar-refractivity contribution in [1.29, 1.82) is 0 Å². The number of alkyl halides is 2. The Morgan fingerprint density at radius 3 is 2.41 bits per heavy atom. The van der Waals surface area contributed by atoms with Crippen LogP contribution in [0.4, 0.5) is 26.2 Å². The number of anilines is 3. The van der Waals surface area contributed by atoms with Crippen LogP contribution in [0, 0.1) is 17.8 Å². The van der Waals surface area contributed by atoms with E-state index in [9.17, 15) is 23.2 Å². The zero-order valence-electron chi connectivity index (χ0n) is 22.0. The van der Waals surface area contributed by atoms with E-state index in [0.717, 1.165) is 0 Å². The number of carbonyl (C=O) groups excluding carboxylic acids is 1. The molecule has 13 heteroatoms. The first-order valence-corrected chi connectivity index (χ1v) is 13.2. The number of nitrogens with one attached hydrogen (secondary N) is 2. The smallest absolute Gasteiger partial charge is 0.317 e. The van der Waals surface area contributed by atoms with E-state index in [-0.39, 0.29) is 47.7 Å². The number of nitrogens with zero attached hydrogens (tertiary/aromatic N) is 5. The van der Waals surface area contributed by atoms with Crippen LogP contribution >= 0.6 is 11.6 Å². The van der Waals surface area contributed by atoms with Crippen molar-refractivity contribution in [3.63, 3.8) is 0 Å². The first-order chi connectivity index (χ1) is 18.4. The van der Waals surface area contributed by atoms with E-state index in [0.29, 0.717) is 29.6 Å². The molecule has 1 saturated carbocycles. The molecule has 3 heterocycles. The summed E-state index contributed by atoms with van der Waals surface area (Å²) in [5.41, 5.74) is 0.328. The lowest BCUT2D eigenvalue weighted by Crippen LogP contribution is -2.52. The summed E-state index contributed by atoms with van der Waals surface area (Å²) in [7, 11) is 3.11. The Hall–Kier alpha value is -3.54. The first-order valence-electron chi connectivity index (χ1n) is 12.8. The Labute approximate surface area is 228 Å². The van der Waals surface area contributed by atoms with Gasteiger partial charge in [0.2, 0.25) is 11.9 Å². The van der Waals surface area contributed by atoms with Gasteiger partial charge in [-0.15, -0.1) is 0 Å². The van der Waals surface area contributed by atoms with Gasteiger partial charge in [0.15, 0.2) is 5.82 Å². The summed E-state index contributed by atoms with van der Waals surface area (Å²) in [5, 5.41) is 6.00. The number of rotatable bonds is 5. The molecule has 2 fully saturated rings. The zero-order chi connectivity index (χ0) is 28.2. The second kappa shape index (κ2) is 9.89. The van der Waals surface area contributed by atoms with Gasteiger partial charge in [0, 0.05) is 56.7 Å². The largest absolute Gasteiger partial charge is 0.359 e. The minimum atomic E-state index is -2.77. The van der Waals surface area contributed by atoms with E-state index >= 15 is 0 Å². The van der Waals surface area contributed by atoms with Gasteiger partial charge >= 0.3 is 11.1 Å². The first kappa shape index (κ1) is 27.0. The molecular weight excluding hydrogens is 532 g/mol. The number of hydrogen-bond donors (Lipinski definition) is 2. The van der Waals surface area contributed by atoms with Crippen LogP contribution in [0.1, 0.15) is 32.7 Å². The summed E-state index contributed by atoms with van der Waals surface area (Å²) < 4.78 is 31.5. The Kier molecular flexibility index (Phi) is 6.86. The standard InChI is InChI=1S/C26H30ClF2N7O3/c1-13-11-35(12-14(2)26(13,28)29)25-31-10-18(27)21(33-25)32-16-5-6-19-20(9-16)36(24(39)23(38)34(19)4)17-7-15(8-17)22(37)30-3/h5-6,9-10,13-15,17H,7-8,11-12H2,1-4H3,(H,30,37)(H,31,32,33)/t13-,14+,15-,17-. The van der Waals surface area contributed by atoms with Gasteiger partial charge in [-0.05, 0) is 31.0 Å². The molecule has 1 saturated heterocycles. The Balaban J connectivity index is 1.48. The average Bonchev–Trinajstić information content (AvgIpc) is 2.88. The van der Waals surface area contributed by atoms with E-state index < -0.39 is 28.9 Å². The maximum atomic E-state index is 14.4. The molecule has 1 aromatic carbocycles. The fourth-order valence-corrected chi connectivity index (χ4v) is 5.62. The van der Waals surface area contributed by atoms with Crippen LogP contribution < -0.4 is 26.7 Å². The van der Waals surface area contributed by atoms with Crippen LogP contribution in [0.2, 0.25) is 5.02 Å². The molecule has 2 aliphatic rings. The number of piperidine rings is 1. The molecule has 39 heavy (non-hydrogen) atoms. The van der Waals surface area contributed by atoms with Gasteiger partial charge in [0.25, 0.3) is 5.92 Å². The molecule has 1 amide bonds. The predicted octanol–water partition coefficient (Wildman–Crippen LogP) is 3.31. The molecule has 2 atom stereocenters. The molecule has 5 rings (SSSR count). The minimum absolute atomic E-state index is 0.0924. The summed E-state index contributed by atoms with van der Waals surface area (Å²) in [6.07, 6.45) is 2.32. The highest BCUT2D eigenvalue weighted by molar-refractivity contribution is 6.32. The van der Waals surface area contributed by atoms with Gasteiger partial charge in [-0.1, -0.05) is 25.4 Å². The van der Waals surface area contributed by atoms with Crippen molar-refractivity contribution in [3.8, 4) is 0 Å². The number of fused-ring (bicyclic) bond motifs is 1. The molecule has 0 spiro atoms. The third-order valence-corrected chi connectivity index (χ3v) is 8.25. The Morgan fingerprint density at radius 2 is 1.77 bits per heavy atom. The summed E-state index contributed by atoms with van der Waals surface area (Å²) in [5.74, 6) is -4.25. The van der Waals surface area contributed by atoms with E-state index in [2.05, 4.69) is 20.6 Å². The number of hydrogen-bond acceptors (Lipinski definition) is 7. The SMILES string of the molecule is CNC(=O)[C@H]1C[C@H](n2c(=O)c(=O)n(C)c3ccc(Nc4nc(N5C[C@@H](C)C(F)(F)[C@@H](C)C5)ncc4Cl)cc32)C1. The Bertz CT molecular complexity index is 1550. The molecule has 208 valence electrons. The number of carbonyl (C=O) groups is 1. The van der Waals surface area contributed by atoms with Crippen LogP contribution in [0.25, 0.3) is 11.0 Å². The molecule has 2 aromatic heterocycles. The highest BCUT2D eigenvalue weighted by Gasteiger charge is 2.47. The molecule has 1 aliphatic heterocycles. The van der Waals surface area contributed by atoms with Crippen LogP contribution in [-0.2, 0) is 11.8 Å². The van der Waals surface area contributed by atoms with Crippen LogP contribution in [0.15, 0.2) is 34.0 Å². The third kappa shape index (κ3) is 4.64. The second-order valence-electron chi connectivity index (χ2n) is 10.6. The van der Waals surface area contributed by atoms with Crippen molar-refractivity contribution in [2.24, 2.45) is 24.8 Å². The summed E-state index contributed by atoms with van der Waals surface area (Å²) >= 11 is 6.39. The third-order valence-electron chi connectivity index (χ3n) is 7.98. The van der Waals surface area contributed by atoms with E-state index in [1.54, 1.807) is 30.1 Å². The molecule has 1 aliphatic carbocycles. The number of halogens is 3. The average molecular weight is 562 g/mol. The molecule has 10 nitrogen and oxygen atoms in total. The lowest BCUT2D eigenvalue weighted by Gasteiger charge is -2.41. The van der Waals surface area contributed by atoms with Gasteiger partial charge in [0.1, 0.15) is 5.02 Å². The normalized spacial score (nSPS) is 24.3. The number of benzene rings is 1. The lowest BCUT2D eigenvalue weighted by molar-refractivity contribution is -0.128. The number of aryl methyl sites for hydroxylation is 1. The molecular formula is C26H30ClF2N7O3. The molecule has 2 N–H and O–H groups in total. The van der Waals surface area contributed by atoms with Crippen molar-refractivity contribution in [2.45, 2.75) is 38.7 Å².